The van der Waals surface area contributed by atoms with Crippen LogP contribution in [0.15, 0.2) is 72.8 Å². The van der Waals surface area contributed by atoms with Crippen molar-refractivity contribution in [1.82, 2.24) is 0 Å². The van der Waals surface area contributed by atoms with Crippen molar-refractivity contribution in [3.05, 3.63) is 83.9 Å². The second-order valence-corrected chi connectivity index (χ2v) is 10.6. The van der Waals surface area contributed by atoms with Gasteiger partial charge in [-0.05, 0) is 47.6 Å². The lowest BCUT2D eigenvalue weighted by molar-refractivity contribution is -0.200. The Bertz CT molecular complexity index is 1000. The normalized spacial score (nSPS) is 17.1. The third-order valence-electron chi connectivity index (χ3n) is 7.38. The molecule has 32 heavy (non-hydrogen) atoms. The Morgan fingerprint density at radius 3 is 2.12 bits per heavy atom. The zero-order valence-corrected chi connectivity index (χ0v) is 22.4. The second-order valence-electron chi connectivity index (χ2n) is 10.2. The zero-order valence-electron chi connectivity index (χ0n) is 20.4. The molecule has 3 aromatic rings. The molecule has 3 aromatic carbocycles. The van der Waals surface area contributed by atoms with Crippen LogP contribution in [0.25, 0.3) is 10.8 Å². The van der Waals surface area contributed by atoms with Crippen LogP contribution in [0.2, 0.25) is 0 Å². The molecule has 0 aliphatic carbocycles. The predicted molar refractivity (Wildman–Crippen MR) is 137 cm³/mol. The lowest BCUT2D eigenvalue weighted by atomic mass is 9.63. The molecule has 1 N–H and O–H groups in total. The lowest BCUT2D eigenvalue weighted by Gasteiger charge is -2.54. The molecule has 0 saturated carbocycles. The molecule has 3 atom stereocenters. The third-order valence-corrected chi connectivity index (χ3v) is 8.19. The van der Waals surface area contributed by atoms with Gasteiger partial charge in [0.1, 0.15) is 10.5 Å². The van der Waals surface area contributed by atoms with E-state index < -0.39 is 11.2 Å². The highest BCUT2D eigenvalue weighted by atomic mass is 28.2. The summed E-state index contributed by atoms with van der Waals surface area (Å²) in [4.78, 5) is 0. The summed E-state index contributed by atoms with van der Waals surface area (Å²) in [5, 5.41) is 14.5. The van der Waals surface area contributed by atoms with Gasteiger partial charge in [0.05, 0.1) is 24.4 Å². The summed E-state index contributed by atoms with van der Waals surface area (Å²) in [6.07, 6.45) is 0.708. The van der Waals surface area contributed by atoms with E-state index in [1.807, 2.05) is 32.0 Å². The summed E-state index contributed by atoms with van der Waals surface area (Å²) in [6.45, 7) is 11.4. The van der Waals surface area contributed by atoms with Gasteiger partial charge < -0.3 is 14.3 Å². The summed E-state index contributed by atoms with van der Waals surface area (Å²) in [6, 6.07) is 25.0. The van der Waals surface area contributed by atoms with Crippen molar-refractivity contribution >= 4 is 21.3 Å². The highest BCUT2D eigenvalue weighted by molar-refractivity contribution is 5.98. The summed E-state index contributed by atoms with van der Waals surface area (Å²) < 4.78 is 12.4. The lowest BCUT2D eigenvalue weighted by Crippen LogP contribution is -2.64. The van der Waals surface area contributed by atoms with Crippen LogP contribution in [0, 0.1) is 11.3 Å². The van der Waals surface area contributed by atoms with E-state index in [9.17, 15) is 5.11 Å². The molecule has 0 saturated heterocycles. The number of hydrogen-bond donors (Lipinski definition) is 1. The van der Waals surface area contributed by atoms with Gasteiger partial charge in [0, 0.05) is 5.92 Å². The first-order chi connectivity index (χ1) is 15.1. The van der Waals surface area contributed by atoms with Gasteiger partial charge in [-0.25, -0.2) is 0 Å². The molecule has 0 aliphatic rings. The van der Waals surface area contributed by atoms with Crippen LogP contribution in [-0.2, 0) is 22.2 Å². The zero-order chi connectivity index (χ0) is 23.4. The van der Waals surface area contributed by atoms with Crippen LogP contribution in [0.4, 0.5) is 0 Å². The minimum absolute atomic E-state index is 0.143. The summed E-state index contributed by atoms with van der Waals surface area (Å²) >= 11 is 0. The maximum Gasteiger partial charge on any atom is 0.146 e. The SMILES string of the molecule is CC(C)(C)C(C)(O[SiH3])[C@](C)(O)[C@@H](COCc1ccccc1)Cc1cccc2ccccc12. The maximum absolute atomic E-state index is 12.1. The number of ether oxygens (including phenoxy) is 1. The molecule has 172 valence electrons. The molecule has 0 heterocycles. The maximum atomic E-state index is 12.1. The number of fused-ring (bicyclic) bond motifs is 1. The van der Waals surface area contributed by atoms with Gasteiger partial charge in [-0.2, -0.15) is 0 Å². The third kappa shape index (κ3) is 4.99. The standard InChI is InChI=1S/C28H38O3Si/c1-26(2,3)28(5,31-32)27(4,29)24(20-30-19-21-12-7-6-8-13-21)18-23-16-11-15-22-14-9-10-17-25(22)23/h6-17,24,29H,18-20H2,1-5,32H3/t24-,27-,28?/m1/s1. The predicted octanol–water partition coefficient (Wildman–Crippen LogP) is 5.07. The van der Waals surface area contributed by atoms with E-state index in [1.165, 1.54) is 16.3 Å². The molecule has 0 fully saturated rings. The molecule has 3 nitrogen and oxygen atoms in total. The Morgan fingerprint density at radius 1 is 0.844 bits per heavy atom. The number of rotatable bonds is 9. The fourth-order valence-corrected chi connectivity index (χ4v) is 5.74. The highest BCUT2D eigenvalue weighted by Crippen LogP contribution is 2.46. The van der Waals surface area contributed by atoms with Crippen molar-refractivity contribution in [2.75, 3.05) is 6.61 Å². The Kier molecular flexibility index (Phi) is 7.61. The van der Waals surface area contributed by atoms with E-state index in [1.54, 1.807) is 0 Å². The summed E-state index contributed by atoms with van der Waals surface area (Å²) in [7, 11) is 0.548. The van der Waals surface area contributed by atoms with Crippen molar-refractivity contribution < 1.29 is 14.3 Å². The second kappa shape index (κ2) is 9.88. The number of benzene rings is 3. The smallest absolute Gasteiger partial charge is 0.146 e. The number of aliphatic hydroxyl groups is 1. The monoisotopic (exact) mass is 450 g/mol. The van der Waals surface area contributed by atoms with E-state index in [2.05, 4.69) is 75.4 Å². The first-order valence-electron chi connectivity index (χ1n) is 11.5. The molecule has 1 unspecified atom stereocenters. The first kappa shape index (κ1) is 24.7. The Morgan fingerprint density at radius 2 is 1.47 bits per heavy atom. The quantitative estimate of drug-likeness (QED) is 0.463. The molecular formula is C28H38O3Si. The van der Waals surface area contributed by atoms with Crippen molar-refractivity contribution in [3.63, 3.8) is 0 Å². The van der Waals surface area contributed by atoms with Crippen LogP contribution in [0.5, 0.6) is 0 Å². The fraction of sp³-hybridized carbons (Fsp3) is 0.429. The van der Waals surface area contributed by atoms with Crippen LogP contribution in [0.1, 0.15) is 45.7 Å². The molecule has 0 spiro atoms. The van der Waals surface area contributed by atoms with Gasteiger partial charge >= 0.3 is 0 Å². The molecule has 0 aromatic heterocycles. The van der Waals surface area contributed by atoms with Crippen molar-refractivity contribution in [1.29, 1.82) is 0 Å². The molecular weight excluding hydrogens is 412 g/mol. The minimum Gasteiger partial charge on any atom is -0.419 e. The van der Waals surface area contributed by atoms with Crippen LogP contribution in [0.3, 0.4) is 0 Å². The van der Waals surface area contributed by atoms with E-state index in [4.69, 9.17) is 9.16 Å². The van der Waals surface area contributed by atoms with E-state index in [0.29, 0.717) is 30.1 Å². The van der Waals surface area contributed by atoms with Gasteiger partial charge in [-0.3, -0.25) is 0 Å². The average molecular weight is 451 g/mol. The molecule has 0 radical (unpaired) electrons. The van der Waals surface area contributed by atoms with Gasteiger partial charge in [-0.15, -0.1) is 0 Å². The van der Waals surface area contributed by atoms with Crippen LogP contribution >= 0.6 is 0 Å². The molecule has 4 heteroatoms. The first-order valence-corrected chi connectivity index (χ1v) is 12.3. The van der Waals surface area contributed by atoms with Crippen molar-refractivity contribution in [2.45, 2.75) is 58.8 Å². The Hall–Kier alpha value is -1.98. The van der Waals surface area contributed by atoms with Gasteiger partial charge in [0.15, 0.2) is 0 Å². The highest BCUT2D eigenvalue weighted by Gasteiger charge is 2.54. The molecule has 3 rings (SSSR count). The van der Waals surface area contributed by atoms with Gasteiger partial charge in [-0.1, -0.05) is 93.6 Å². The topological polar surface area (TPSA) is 38.7 Å². The van der Waals surface area contributed by atoms with Crippen molar-refractivity contribution in [2.24, 2.45) is 11.3 Å². The van der Waals surface area contributed by atoms with Crippen LogP contribution < -0.4 is 0 Å². The fourth-order valence-electron chi connectivity index (χ4n) is 4.71. The Balaban J connectivity index is 1.94. The largest absolute Gasteiger partial charge is 0.419 e. The molecule has 0 bridgehead atoms. The minimum atomic E-state index is -1.10. The summed E-state index contributed by atoms with van der Waals surface area (Å²) in [5.74, 6) is -0.143. The molecule has 0 aliphatic heterocycles. The van der Waals surface area contributed by atoms with E-state index >= 15 is 0 Å². The van der Waals surface area contributed by atoms with E-state index in [-0.39, 0.29) is 11.3 Å². The summed E-state index contributed by atoms with van der Waals surface area (Å²) in [5.41, 5.74) is 0.308. The van der Waals surface area contributed by atoms with Gasteiger partial charge in [0.25, 0.3) is 0 Å². The van der Waals surface area contributed by atoms with Crippen molar-refractivity contribution in [3.8, 4) is 0 Å². The van der Waals surface area contributed by atoms with Gasteiger partial charge in [0.2, 0.25) is 0 Å². The molecule has 0 amide bonds. The van der Waals surface area contributed by atoms with E-state index in [0.717, 1.165) is 5.56 Å². The van der Waals surface area contributed by atoms with Crippen LogP contribution in [-0.4, -0.2) is 33.4 Å². The average Bonchev–Trinajstić information content (AvgIpc) is 2.77. The Labute approximate surface area is 196 Å². The number of hydrogen-bond acceptors (Lipinski definition) is 3.